The molecule has 2 N–H and O–H groups in total. The number of anilines is 1. The van der Waals surface area contributed by atoms with Gasteiger partial charge < -0.3 is 5.73 Å². The summed E-state index contributed by atoms with van der Waals surface area (Å²) >= 11 is 0. The van der Waals surface area contributed by atoms with Gasteiger partial charge in [0.2, 0.25) is 0 Å². The molecule has 0 aliphatic heterocycles. The molecule has 0 aliphatic carbocycles. The summed E-state index contributed by atoms with van der Waals surface area (Å²) in [7, 11) is 1.88. The lowest BCUT2D eigenvalue weighted by Gasteiger charge is -2.03. The molecule has 2 rings (SSSR count). The van der Waals surface area contributed by atoms with Crippen LogP contribution in [0.3, 0.4) is 0 Å². The molecular weight excluding hydrogens is 214 g/mol. The van der Waals surface area contributed by atoms with E-state index in [2.05, 4.69) is 5.10 Å². The fourth-order valence-electron chi connectivity index (χ4n) is 1.74. The Morgan fingerprint density at radius 3 is 2.88 bits per heavy atom. The molecule has 1 heterocycles. The smallest absolute Gasteiger partial charge is 0.163 e. The van der Waals surface area contributed by atoms with Gasteiger partial charge in [0.1, 0.15) is 0 Å². The lowest BCUT2D eigenvalue weighted by molar-refractivity contribution is 0.0982. The maximum atomic E-state index is 11.9. The van der Waals surface area contributed by atoms with Crippen LogP contribution in [0.15, 0.2) is 36.5 Å². The number of Topliss-reactive ketones (excluding diaryl/α,β-unsaturated/α-hetero) is 1. The van der Waals surface area contributed by atoms with Crippen LogP contribution in [0.25, 0.3) is 0 Å². The first-order chi connectivity index (χ1) is 8.16. The first-order valence-electron chi connectivity index (χ1n) is 5.52. The minimum absolute atomic E-state index is 0.110. The van der Waals surface area contributed by atoms with Gasteiger partial charge in [-0.25, -0.2) is 0 Å². The van der Waals surface area contributed by atoms with Crippen molar-refractivity contribution < 1.29 is 4.79 Å². The van der Waals surface area contributed by atoms with Gasteiger partial charge in [-0.3, -0.25) is 9.48 Å². The van der Waals surface area contributed by atoms with E-state index in [1.165, 1.54) is 0 Å². The minimum atomic E-state index is 0.110. The molecule has 0 atom stereocenters. The second-order valence-corrected chi connectivity index (χ2v) is 3.99. The van der Waals surface area contributed by atoms with E-state index in [-0.39, 0.29) is 5.78 Å². The molecule has 0 amide bonds. The van der Waals surface area contributed by atoms with Crippen LogP contribution in [0, 0.1) is 0 Å². The summed E-state index contributed by atoms with van der Waals surface area (Å²) in [5, 5.41) is 4.07. The first kappa shape index (κ1) is 11.4. The second kappa shape index (κ2) is 4.82. The molecule has 4 nitrogen and oxygen atoms in total. The largest absolute Gasteiger partial charge is 0.399 e. The summed E-state index contributed by atoms with van der Waals surface area (Å²) in [5.74, 6) is 0.110. The van der Waals surface area contributed by atoms with Gasteiger partial charge in [-0.2, -0.15) is 5.10 Å². The molecule has 17 heavy (non-hydrogen) atoms. The molecule has 0 aliphatic rings. The van der Waals surface area contributed by atoms with Gasteiger partial charge in [0.25, 0.3) is 0 Å². The Hall–Kier alpha value is -2.10. The normalized spacial score (nSPS) is 10.4. The molecule has 0 saturated heterocycles. The first-order valence-corrected chi connectivity index (χ1v) is 5.52. The van der Waals surface area contributed by atoms with E-state index in [9.17, 15) is 4.79 Å². The number of benzene rings is 1. The summed E-state index contributed by atoms with van der Waals surface area (Å²) in [5.41, 5.74) is 8.00. The highest BCUT2D eigenvalue weighted by molar-refractivity contribution is 5.96. The van der Waals surface area contributed by atoms with Crippen molar-refractivity contribution >= 4 is 11.5 Å². The number of nitrogen functional groups attached to an aromatic ring is 1. The van der Waals surface area contributed by atoms with Crippen LogP contribution in [0.1, 0.15) is 22.5 Å². The fourth-order valence-corrected chi connectivity index (χ4v) is 1.74. The van der Waals surface area contributed by atoms with Crippen LogP contribution in [-0.2, 0) is 13.5 Å². The zero-order valence-electron chi connectivity index (χ0n) is 9.76. The highest BCUT2D eigenvalue weighted by atomic mass is 16.1. The van der Waals surface area contributed by atoms with Crippen LogP contribution < -0.4 is 5.73 Å². The molecule has 1 aromatic heterocycles. The van der Waals surface area contributed by atoms with Crippen LogP contribution in [-0.4, -0.2) is 15.6 Å². The number of carbonyl (C=O) groups is 1. The quantitative estimate of drug-likeness (QED) is 0.642. The van der Waals surface area contributed by atoms with E-state index in [0.29, 0.717) is 24.1 Å². The lowest BCUT2D eigenvalue weighted by atomic mass is 10.1. The van der Waals surface area contributed by atoms with Crippen molar-refractivity contribution in [3.63, 3.8) is 0 Å². The SMILES string of the molecule is Cn1nccc1CCC(=O)c1cccc(N)c1. The molecule has 0 bridgehead atoms. The van der Waals surface area contributed by atoms with E-state index in [1.807, 2.05) is 13.1 Å². The molecule has 88 valence electrons. The summed E-state index contributed by atoms with van der Waals surface area (Å²) in [6.07, 6.45) is 2.91. The average Bonchev–Trinajstić information content (AvgIpc) is 2.72. The van der Waals surface area contributed by atoms with E-state index in [1.54, 1.807) is 35.1 Å². The van der Waals surface area contributed by atoms with Crippen molar-refractivity contribution in [2.24, 2.45) is 7.05 Å². The molecule has 0 fully saturated rings. The standard InChI is InChI=1S/C13H15N3O/c1-16-12(7-8-15-16)5-6-13(17)10-3-2-4-11(14)9-10/h2-4,7-9H,5-6,14H2,1H3. The molecule has 0 saturated carbocycles. The van der Waals surface area contributed by atoms with E-state index in [4.69, 9.17) is 5.73 Å². The molecular formula is C13H15N3O. The molecule has 1 aromatic carbocycles. The van der Waals surface area contributed by atoms with E-state index >= 15 is 0 Å². The van der Waals surface area contributed by atoms with Gasteiger partial charge in [0.05, 0.1) is 0 Å². The fraction of sp³-hybridized carbons (Fsp3) is 0.231. The minimum Gasteiger partial charge on any atom is -0.399 e. The predicted octanol–water partition coefficient (Wildman–Crippen LogP) is 1.82. The Labute approximate surface area is 100 Å². The van der Waals surface area contributed by atoms with Crippen LogP contribution in [0.4, 0.5) is 5.69 Å². The second-order valence-electron chi connectivity index (χ2n) is 3.99. The zero-order chi connectivity index (χ0) is 12.3. The number of ketones is 1. The average molecular weight is 229 g/mol. The third kappa shape index (κ3) is 2.72. The Balaban J connectivity index is 2.01. The maximum absolute atomic E-state index is 11.9. The van der Waals surface area contributed by atoms with E-state index in [0.717, 1.165) is 5.69 Å². The van der Waals surface area contributed by atoms with Crippen LogP contribution >= 0.6 is 0 Å². The summed E-state index contributed by atoms with van der Waals surface area (Å²) in [4.78, 5) is 11.9. The maximum Gasteiger partial charge on any atom is 0.163 e. The van der Waals surface area contributed by atoms with Crippen molar-refractivity contribution in [1.29, 1.82) is 0 Å². The Bertz CT molecular complexity index is 531. The van der Waals surface area contributed by atoms with Gasteiger partial charge in [0.15, 0.2) is 5.78 Å². The van der Waals surface area contributed by atoms with Crippen molar-refractivity contribution in [3.8, 4) is 0 Å². The molecule has 4 heteroatoms. The Morgan fingerprint density at radius 2 is 2.24 bits per heavy atom. The summed E-state index contributed by atoms with van der Waals surface area (Å²) < 4.78 is 1.78. The van der Waals surface area contributed by atoms with Gasteiger partial charge in [-0.1, -0.05) is 12.1 Å². The van der Waals surface area contributed by atoms with Crippen molar-refractivity contribution in [1.82, 2.24) is 9.78 Å². The summed E-state index contributed by atoms with van der Waals surface area (Å²) in [6, 6.07) is 9.00. The van der Waals surface area contributed by atoms with E-state index < -0.39 is 0 Å². The van der Waals surface area contributed by atoms with Gasteiger partial charge in [0, 0.05) is 36.6 Å². The molecule has 0 radical (unpaired) electrons. The summed E-state index contributed by atoms with van der Waals surface area (Å²) in [6.45, 7) is 0. The number of rotatable bonds is 4. The molecule has 0 spiro atoms. The number of carbonyl (C=O) groups excluding carboxylic acids is 1. The zero-order valence-corrected chi connectivity index (χ0v) is 9.76. The molecule has 2 aromatic rings. The highest BCUT2D eigenvalue weighted by Gasteiger charge is 2.07. The van der Waals surface area contributed by atoms with Crippen molar-refractivity contribution in [2.75, 3.05) is 5.73 Å². The Kier molecular flexibility index (Phi) is 3.23. The molecule has 0 unspecified atom stereocenters. The van der Waals surface area contributed by atoms with Crippen LogP contribution in [0.5, 0.6) is 0 Å². The number of aryl methyl sites for hydroxylation is 2. The van der Waals surface area contributed by atoms with Crippen molar-refractivity contribution in [3.05, 3.63) is 47.8 Å². The Morgan fingerprint density at radius 1 is 1.41 bits per heavy atom. The number of nitrogens with two attached hydrogens (primary N) is 1. The predicted molar refractivity (Wildman–Crippen MR) is 66.7 cm³/mol. The third-order valence-electron chi connectivity index (χ3n) is 2.74. The topological polar surface area (TPSA) is 60.9 Å². The van der Waals surface area contributed by atoms with Crippen molar-refractivity contribution in [2.45, 2.75) is 12.8 Å². The number of hydrogen-bond acceptors (Lipinski definition) is 3. The third-order valence-corrected chi connectivity index (χ3v) is 2.74. The number of nitrogens with zero attached hydrogens (tertiary/aromatic N) is 2. The highest BCUT2D eigenvalue weighted by Crippen LogP contribution is 2.11. The number of hydrogen-bond donors (Lipinski definition) is 1. The lowest BCUT2D eigenvalue weighted by Crippen LogP contribution is -2.05. The number of aromatic nitrogens is 2. The monoisotopic (exact) mass is 229 g/mol. The van der Waals surface area contributed by atoms with Gasteiger partial charge in [-0.05, 0) is 24.6 Å². The van der Waals surface area contributed by atoms with Crippen LogP contribution in [0.2, 0.25) is 0 Å². The van der Waals surface area contributed by atoms with Gasteiger partial charge >= 0.3 is 0 Å². The van der Waals surface area contributed by atoms with Gasteiger partial charge in [-0.15, -0.1) is 0 Å².